The van der Waals surface area contributed by atoms with Crippen LogP contribution >= 0.6 is 0 Å². The molecule has 1 N–H and O–H groups in total. The SMILES string of the molecule is CCNCc1ccccc1N(C)CC(=O)N(CC)CC. The van der Waals surface area contributed by atoms with E-state index in [2.05, 4.69) is 24.4 Å². The lowest BCUT2D eigenvalue weighted by Crippen LogP contribution is -2.39. The summed E-state index contributed by atoms with van der Waals surface area (Å²) >= 11 is 0. The van der Waals surface area contributed by atoms with Crippen molar-refractivity contribution in [3.63, 3.8) is 0 Å². The third-order valence-corrected chi connectivity index (χ3v) is 3.46. The third kappa shape index (κ3) is 4.53. The van der Waals surface area contributed by atoms with Crippen molar-refractivity contribution in [2.24, 2.45) is 0 Å². The Labute approximate surface area is 122 Å². The zero-order valence-electron chi connectivity index (χ0n) is 13.1. The predicted octanol–water partition coefficient (Wildman–Crippen LogP) is 2.10. The first-order chi connectivity index (χ1) is 9.63. The van der Waals surface area contributed by atoms with Crippen molar-refractivity contribution >= 4 is 11.6 Å². The maximum absolute atomic E-state index is 12.2. The Kier molecular flexibility index (Phi) is 7.09. The van der Waals surface area contributed by atoms with Gasteiger partial charge in [0.2, 0.25) is 5.91 Å². The van der Waals surface area contributed by atoms with Crippen LogP contribution in [0.5, 0.6) is 0 Å². The van der Waals surface area contributed by atoms with Crippen LogP contribution in [0.1, 0.15) is 26.3 Å². The highest BCUT2D eigenvalue weighted by Gasteiger charge is 2.14. The van der Waals surface area contributed by atoms with E-state index in [1.165, 1.54) is 5.56 Å². The quantitative estimate of drug-likeness (QED) is 0.790. The molecule has 0 aliphatic carbocycles. The number of para-hydroxylation sites is 1. The summed E-state index contributed by atoms with van der Waals surface area (Å²) in [7, 11) is 1.98. The molecule has 0 heterocycles. The second-order valence-corrected chi connectivity index (χ2v) is 4.83. The highest BCUT2D eigenvalue weighted by molar-refractivity contribution is 5.81. The topological polar surface area (TPSA) is 35.6 Å². The van der Waals surface area contributed by atoms with Crippen LogP contribution in [-0.2, 0) is 11.3 Å². The van der Waals surface area contributed by atoms with E-state index in [-0.39, 0.29) is 5.91 Å². The molecule has 0 saturated carbocycles. The second-order valence-electron chi connectivity index (χ2n) is 4.83. The fourth-order valence-corrected chi connectivity index (χ4v) is 2.26. The summed E-state index contributed by atoms with van der Waals surface area (Å²) in [5.41, 5.74) is 2.35. The fraction of sp³-hybridized carbons (Fsp3) is 0.562. The summed E-state index contributed by atoms with van der Waals surface area (Å²) in [6.45, 7) is 9.85. The lowest BCUT2D eigenvalue weighted by Gasteiger charge is -2.26. The molecule has 0 radical (unpaired) electrons. The van der Waals surface area contributed by atoms with Crippen LogP contribution in [0, 0.1) is 0 Å². The number of carbonyl (C=O) groups is 1. The van der Waals surface area contributed by atoms with Gasteiger partial charge in [-0.3, -0.25) is 4.79 Å². The molecule has 0 atom stereocenters. The maximum atomic E-state index is 12.2. The lowest BCUT2D eigenvalue weighted by atomic mass is 10.1. The molecule has 0 aliphatic heterocycles. The number of rotatable bonds is 8. The number of benzene rings is 1. The number of nitrogens with zero attached hydrogens (tertiary/aromatic N) is 2. The largest absolute Gasteiger partial charge is 0.365 e. The number of amides is 1. The summed E-state index contributed by atoms with van der Waals surface area (Å²) in [6.07, 6.45) is 0. The zero-order valence-corrected chi connectivity index (χ0v) is 13.1. The number of anilines is 1. The Bertz CT molecular complexity index is 416. The lowest BCUT2D eigenvalue weighted by molar-refractivity contribution is -0.129. The van der Waals surface area contributed by atoms with E-state index >= 15 is 0 Å². The molecule has 20 heavy (non-hydrogen) atoms. The molecule has 0 fully saturated rings. The van der Waals surface area contributed by atoms with Crippen LogP contribution in [0.25, 0.3) is 0 Å². The van der Waals surface area contributed by atoms with Crippen molar-refractivity contribution in [1.82, 2.24) is 10.2 Å². The molecular weight excluding hydrogens is 250 g/mol. The summed E-state index contributed by atoms with van der Waals surface area (Å²) in [4.78, 5) is 16.1. The van der Waals surface area contributed by atoms with E-state index in [0.717, 1.165) is 31.9 Å². The summed E-state index contributed by atoms with van der Waals surface area (Å²) in [5, 5.41) is 3.34. The average Bonchev–Trinajstić information content (AvgIpc) is 2.46. The Morgan fingerprint density at radius 1 is 1.15 bits per heavy atom. The average molecular weight is 277 g/mol. The highest BCUT2D eigenvalue weighted by Crippen LogP contribution is 2.19. The van der Waals surface area contributed by atoms with Gasteiger partial charge >= 0.3 is 0 Å². The second kappa shape index (κ2) is 8.59. The minimum Gasteiger partial charge on any atom is -0.365 e. The zero-order chi connectivity index (χ0) is 15.0. The maximum Gasteiger partial charge on any atom is 0.242 e. The van der Waals surface area contributed by atoms with Crippen molar-refractivity contribution in [2.75, 3.05) is 38.1 Å². The van der Waals surface area contributed by atoms with Crippen LogP contribution in [-0.4, -0.2) is 44.0 Å². The third-order valence-electron chi connectivity index (χ3n) is 3.46. The van der Waals surface area contributed by atoms with Crippen molar-refractivity contribution in [1.29, 1.82) is 0 Å². The normalized spacial score (nSPS) is 10.4. The van der Waals surface area contributed by atoms with E-state index in [0.29, 0.717) is 6.54 Å². The molecule has 1 rings (SSSR count). The Morgan fingerprint density at radius 2 is 1.80 bits per heavy atom. The molecule has 1 aromatic rings. The molecule has 4 heteroatoms. The van der Waals surface area contributed by atoms with Gasteiger partial charge < -0.3 is 15.1 Å². The van der Waals surface area contributed by atoms with E-state index in [9.17, 15) is 4.79 Å². The first-order valence-electron chi connectivity index (χ1n) is 7.41. The van der Waals surface area contributed by atoms with Gasteiger partial charge in [0.15, 0.2) is 0 Å². The van der Waals surface area contributed by atoms with Crippen LogP contribution in [0.4, 0.5) is 5.69 Å². The number of likely N-dealkylation sites (N-methyl/N-ethyl adjacent to an activating group) is 2. The van der Waals surface area contributed by atoms with Crippen molar-refractivity contribution in [3.05, 3.63) is 29.8 Å². The van der Waals surface area contributed by atoms with Gasteiger partial charge in [-0.1, -0.05) is 25.1 Å². The fourth-order valence-electron chi connectivity index (χ4n) is 2.26. The molecular formula is C16H27N3O. The predicted molar refractivity (Wildman–Crippen MR) is 85.0 cm³/mol. The minimum absolute atomic E-state index is 0.177. The minimum atomic E-state index is 0.177. The number of carbonyl (C=O) groups excluding carboxylic acids is 1. The van der Waals surface area contributed by atoms with E-state index in [1.54, 1.807) is 0 Å². The molecule has 0 aliphatic rings. The van der Waals surface area contributed by atoms with Crippen LogP contribution in [0.15, 0.2) is 24.3 Å². The summed E-state index contributed by atoms with van der Waals surface area (Å²) in [5.74, 6) is 0.177. The van der Waals surface area contributed by atoms with Crippen LogP contribution in [0.3, 0.4) is 0 Å². The monoisotopic (exact) mass is 277 g/mol. The molecule has 0 aromatic heterocycles. The van der Waals surface area contributed by atoms with E-state index in [1.807, 2.05) is 42.8 Å². The van der Waals surface area contributed by atoms with Crippen LogP contribution in [0.2, 0.25) is 0 Å². The van der Waals surface area contributed by atoms with Crippen molar-refractivity contribution in [2.45, 2.75) is 27.3 Å². The molecule has 0 bridgehead atoms. The van der Waals surface area contributed by atoms with Gasteiger partial charge in [0.1, 0.15) is 0 Å². The Hall–Kier alpha value is -1.55. The van der Waals surface area contributed by atoms with E-state index in [4.69, 9.17) is 0 Å². The van der Waals surface area contributed by atoms with Gasteiger partial charge in [-0.2, -0.15) is 0 Å². The van der Waals surface area contributed by atoms with Gasteiger partial charge in [-0.15, -0.1) is 0 Å². The summed E-state index contributed by atoms with van der Waals surface area (Å²) in [6, 6.07) is 8.23. The molecule has 1 amide bonds. The first-order valence-corrected chi connectivity index (χ1v) is 7.41. The Morgan fingerprint density at radius 3 is 2.40 bits per heavy atom. The number of hydrogen-bond acceptors (Lipinski definition) is 3. The standard InChI is InChI=1S/C16H27N3O/c1-5-17-12-14-10-8-9-11-15(14)18(4)13-16(20)19(6-2)7-3/h8-11,17H,5-7,12-13H2,1-4H3. The molecule has 0 unspecified atom stereocenters. The first kappa shape index (κ1) is 16.5. The highest BCUT2D eigenvalue weighted by atomic mass is 16.2. The van der Waals surface area contributed by atoms with Crippen molar-refractivity contribution in [3.8, 4) is 0 Å². The molecule has 0 spiro atoms. The van der Waals surface area contributed by atoms with Crippen LogP contribution < -0.4 is 10.2 Å². The molecule has 0 saturated heterocycles. The van der Waals surface area contributed by atoms with E-state index < -0.39 is 0 Å². The molecule has 1 aromatic carbocycles. The Balaban J connectivity index is 2.76. The van der Waals surface area contributed by atoms with Crippen molar-refractivity contribution < 1.29 is 4.79 Å². The van der Waals surface area contributed by atoms with Gasteiger partial charge in [0, 0.05) is 32.4 Å². The van der Waals surface area contributed by atoms with Gasteiger partial charge in [0.25, 0.3) is 0 Å². The smallest absolute Gasteiger partial charge is 0.242 e. The van der Waals surface area contributed by atoms with Gasteiger partial charge in [-0.05, 0) is 32.0 Å². The number of nitrogens with one attached hydrogen (secondary N) is 1. The summed E-state index contributed by atoms with van der Waals surface area (Å²) < 4.78 is 0. The molecule has 112 valence electrons. The van der Waals surface area contributed by atoms with Gasteiger partial charge in [-0.25, -0.2) is 0 Å². The number of hydrogen-bond donors (Lipinski definition) is 1. The van der Waals surface area contributed by atoms with Gasteiger partial charge in [0.05, 0.1) is 6.54 Å². The molecule has 4 nitrogen and oxygen atoms in total.